The normalized spacial score (nSPS) is 18.9. The first-order chi connectivity index (χ1) is 26.1. The summed E-state index contributed by atoms with van der Waals surface area (Å²) in [4.78, 5) is 75.0. The fourth-order valence-electron chi connectivity index (χ4n) is 8.14. The molecule has 0 spiro atoms. The van der Waals surface area contributed by atoms with Gasteiger partial charge in [0.1, 0.15) is 23.9 Å². The van der Waals surface area contributed by atoms with Gasteiger partial charge in [-0.3, -0.25) is 33.8 Å². The summed E-state index contributed by atoms with van der Waals surface area (Å²) in [5.74, 6) is -1.23. The van der Waals surface area contributed by atoms with Gasteiger partial charge in [0, 0.05) is 35.7 Å². The van der Waals surface area contributed by atoms with Gasteiger partial charge >= 0.3 is 0 Å². The van der Waals surface area contributed by atoms with Crippen LogP contribution < -0.4 is 16.0 Å². The van der Waals surface area contributed by atoms with Gasteiger partial charge < -0.3 is 25.7 Å². The Hall–Kier alpha value is -4.45. The predicted octanol–water partition coefficient (Wildman–Crippen LogP) is 5.25. The molecule has 1 aromatic carbocycles. The summed E-state index contributed by atoms with van der Waals surface area (Å²) in [6.07, 6.45) is 12.4. The van der Waals surface area contributed by atoms with E-state index >= 15 is 0 Å². The highest BCUT2D eigenvalue weighted by Gasteiger charge is 2.38. The van der Waals surface area contributed by atoms with Crippen LogP contribution in [0.5, 0.6) is 0 Å². The molecule has 0 saturated heterocycles. The number of ether oxygens (including phenoxy) is 1. The summed E-state index contributed by atoms with van der Waals surface area (Å²) < 4.78 is 5.59. The summed E-state index contributed by atoms with van der Waals surface area (Å²) in [6, 6.07) is 4.65. The van der Waals surface area contributed by atoms with Gasteiger partial charge in [-0.15, -0.1) is 0 Å². The molecule has 55 heavy (non-hydrogen) atoms. The topological polar surface area (TPSA) is 153 Å². The number of para-hydroxylation sites is 1. The molecule has 12 heteroatoms. The van der Waals surface area contributed by atoms with Gasteiger partial charge in [0.15, 0.2) is 0 Å². The minimum absolute atomic E-state index is 0.0288. The molecule has 4 rings (SSSR count). The van der Waals surface area contributed by atoms with E-state index in [4.69, 9.17) is 4.74 Å². The number of benzene rings is 1. The molecule has 0 unspecified atom stereocenters. The van der Waals surface area contributed by atoms with E-state index in [1.807, 2.05) is 91.0 Å². The zero-order valence-corrected chi connectivity index (χ0v) is 34.3. The van der Waals surface area contributed by atoms with Crippen LogP contribution in [0.25, 0.3) is 10.9 Å². The highest BCUT2D eigenvalue weighted by atomic mass is 16.5. The largest absolute Gasteiger partial charge is 0.499 e. The Morgan fingerprint density at radius 1 is 0.891 bits per heavy atom. The van der Waals surface area contributed by atoms with Gasteiger partial charge in [-0.05, 0) is 75.1 Å². The first-order valence-corrected chi connectivity index (χ1v) is 20.0. The van der Waals surface area contributed by atoms with Gasteiger partial charge in [-0.1, -0.05) is 85.1 Å². The monoisotopic (exact) mass is 760 g/mol. The van der Waals surface area contributed by atoms with Crippen molar-refractivity contribution in [1.29, 1.82) is 0 Å². The van der Waals surface area contributed by atoms with E-state index in [0.717, 1.165) is 48.6 Å². The lowest BCUT2D eigenvalue weighted by Gasteiger charge is -2.32. The average molecular weight is 761 g/mol. The van der Waals surface area contributed by atoms with Crippen molar-refractivity contribution in [3.05, 3.63) is 60.0 Å². The molecule has 0 bridgehead atoms. The van der Waals surface area contributed by atoms with E-state index < -0.39 is 47.9 Å². The molecule has 5 atom stereocenters. The van der Waals surface area contributed by atoms with Crippen molar-refractivity contribution in [2.24, 2.45) is 23.7 Å². The van der Waals surface area contributed by atoms with Crippen molar-refractivity contribution in [2.45, 2.75) is 123 Å². The van der Waals surface area contributed by atoms with Crippen LogP contribution in [0, 0.1) is 23.7 Å². The Bertz CT molecular complexity index is 1700. The minimum atomic E-state index is -0.863. The standard InChI is InChI=1S/C43H64N6O6/c1-26(2)21-34(46-42(53)35(22-27(3)4)47-43(54)40(28(5)6)48(7)8)41(52)45-32(29-15-11-10-12-16-29)19-20-38(50)49-36(37(55-9)24-39(49)51)23-30-25-44-33-18-14-13-17-31(30)33/h13-14,17-20,24-29,32,34-36,40,44H,10-12,15-16,21-23H2,1-9H3,(H,45,52)(H,46,53)(H,47,54)/b20-19+/t32-,34+,35+,36+,40+/m1/s1. The van der Waals surface area contributed by atoms with Crippen LogP contribution in [0.15, 0.2) is 54.4 Å². The molecule has 2 aliphatic rings. The molecule has 12 nitrogen and oxygen atoms in total. The van der Waals surface area contributed by atoms with Crippen LogP contribution >= 0.6 is 0 Å². The van der Waals surface area contributed by atoms with Gasteiger partial charge in [-0.25, -0.2) is 0 Å². The third kappa shape index (κ3) is 11.5. The van der Waals surface area contributed by atoms with Crippen molar-refractivity contribution >= 4 is 40.4 Å². The van der Waals surface area contributed by atoms with E-state index in [9.17, 15) is 24.0 Å². The number of aromatic nitrogens is 1. The zero-order valence-electron chi connectivity index (χ0n) is 34.3. The Morgan fingerprint density at radius 3 is 2.07 bits per heavy atom. The highest BCUT2D eigenvalue weighted by Crippen LogP contribution is 2.30. The molecule has 1 fully saturated rings. The van der Waals surface area contributed by atoms with Crippen LogP contribution in [0.2, 0.25) is 0 Å². The minimum Gasteiger partial charge on any atom is -0.499 e. The molecule has 1 saturated carbocycles. The van der Waals surface area contributed by atoms with Gasteiger partial charge in [0.25, 0.3) is 11.8 Å². The number of amides is 5. The number of rotatable bonds is 18. The van der Waals surface area contributed by atoms with Crippen LogP contribution in [-0.4, -0.2) is 95.7 Å². The van der Waals surface area contributed by atoms with Crippen LogP contribution in [0.4, 0.5) is 0 Å². The number of nitrogens with zero attached hydrogens (tertiary/aromatic N) is 2. The lowest BCUT2D eigenvalue weighted by Crippen LogP contribution is -2.58. The van der Waals surface area contributed by atoms with Gasteiger partial charge in [0.2, 0.25) is 17.7 Å². The number of hydrogen-bond donors (Lipinski definition) is 4. The maximum atomic E-state index is 14.2. The molecule has 4 N–H and O–H groups in total. The number of likely N-dealkylation sites (N-methyl/N-ethyl adjacent to an activating group) is 1. The second-order valence-electron chi connectivity index (χ2n) is 16.7. The zero-order chi connectivity index (χ0) is 40.4. The lowest BCUT2D eigenvalue weighted by molar-refractivity contribution is -0.139. The fraction of sp³-hybridized carbons (Fsp3) is 0.605. The number of carbonyl (C=O) groups excluding carboxylic acids is 5. The highest BCUT2D eigenvalue weighted by molar-refractivity contribution is 6.08. The summed E-state index contributed by atoms with van der Waals surface area (Å²) in [7, 11) is 5.18. The average Bonchev–Trinajstić information content (AvgIpc) is 3.68. The first kappa shape index (κ1) is 43.3. The number of H-pyrrole nitrogens is 1. The Balaban J connectivity index is 1.54. The molecule has 2 heterocycles. The van der Waals surface area contributed by atoms with Gasteiger partial charge in [0.05, 0.1) is 19.2 Å². The lowest BCUT2D eigenvalue weighted by atomic mass is 9.83. The molecule has 1 aromatic heterocycles. The Kier molecular flexibility index (Phi) is 15.7. The quantitative estimate of drug-likeness (QED) is 0.152. The maximum Gasteiger partial charge on any atom is 0.257 e. The van der Waals surface area contributed by atoms with Crippen LogP contribution in [0.1, 0.15) is 92.1 Å². The number of nitrogens with one attached hydrogen (secondary N) is 4. The molecule has 1 aliphatic heterocycles. The third-order valence-electron chi connectivity index (χ3n) is 10.8. The van der Waals surface area contributed by atoms with Crippen molar-refractivity contribution in [3.63, 3.8) is 0 Å². The number of imide groups is 1. The molecular formula is C43H64N6O6. The van der Waals surface area contributed by atoms with Crippen molar-refractivity contribution < 1.29 is 28.7 Å². The second kappa shape index (κ2) is 19.9. The summed E-state index contributed by atoms with van der Waals surface area (Å²) in [6.45, 7) is 11.9. The maximum absolute atomic E-state index is 14.2. The second-order valence-corrected chi connectivity index (χ2v) is 16.7. The Morgan fingerprint density at radius 2 is 1.49 bits per heavy atom. The number of carbonyl (C=O) groups is 5. The fourth-order valence-corrected chi connectivity index (χ4v) is 8.14. The Labute approximate surface area is 327 Å². The molecule has 1 aliphatic carbocycles. The first-order valence-electron chi connectivity index (χ1n) is 20.0. The van der Waals surface area contributed by atoms with Gasteiger partial charge in [-0.2, -0.15) is 0 Å². The van der Waals surface area contributed by atoms with E-state index in [0.29, 0.717) is 25.0 Å². The van der Waals surface area contributed by atoms with Crippen molar-refractivity contribution in [2.75, 3.05) is 21.2 Å². The van der Waals surface area contributed by atoms with Crippen LogP contribution in [-0.2, 0) is 35.1 Å². The number of hydrogen-bond acceptors (Lipinski definition) is 7. The van der Waals surface area contributed by atoms with E-state index in [-0.39, 0.29) is 35.5 Å². The number of aromatic amines is 1. The summed E-state index contributed by atoms with van der Waals surface area (Å²) >= 11 is 0. The van der Waals surface area contributed by atoms with Crippen molar-refractivity contribution in [3.8, 4) is 0 Å². The SMILES string of the molecule is COC1=CC(=O)N(C(=O)/C=C/[C@@H](NC(=O)[C@H](CC(C)C)NC(=O)[C@H](CC(C)C)NC(=O)[C@H](C(C)C)N(C)C)C2CCCCC2)[C@H]1Cc1c[nH]c2ccccc12. The molecule has 0 radical (unpaired) electrons. The van der Waals surface area contributed by atoms with E-state index in [1.165, 1.54) is 24.2 Å². The predicted molar refractivity (Wildman–Crippen MR) is 215 cm³/mol. The van der Waals surface area contributed by atoms with Crippen molar-refractivity contribution in [1.82, 2.24) is 30.7 Å². The third-order valence-corrected chi connectivity index (χ3v) is 10.8. The molecular weight excluding hydrogens is 697 g/mol. The molecule has 2 aromatic rings. The van der Waals surface area contributed by atoms with Crippen LogP contribution in [0.3, 0.4) is 0 Å². The number of fused-ring (bicyclic) bond motifs is 1. The number of methoxy groups -OCH3 is 1. The molecule has 302 valence electrons. The smallest absolute Gasteiger partial charge is 0.257 e. The van der Waals surface area contributed by atoms with E-state index in [1.54, 1.807) is 6.08 Å². The summed E-state index contributed by atoms with van der Waals surface area (Å²) in [5.41, 5.74) is 1.92. The van der Waals surface area contributed by atoms with E-state index in [2.05, 4.69) is 20.9 Å². The summed E-state index contributed by atoms with van der Waals surface area (Å²) in [5, 5.41) is 10.1. The molecule has 5 amide bonds.